The molecule has 0 bridgehead atoms. The predicted molar refractivity (Wildman–Crippen MR) is 146 cm³/mol. The van der Waals surface area contributed by atoms with Crippen LogP contribution in [0, 0.1) is 0 Å². The number of phenols is 2. The van der Waals surface area contributed by atoms with Gasteiger partial charge in [0.05, 0.1) is 60.3 Å². The molecular formula is C30H28N6O2. The van der Waals surface area contributed by atoms with Crippen molar-refractivity contribution in [1.29, 1.82) is 0 Å². The van der Waals surface area contributed by atoms with E-state index in [1.807, 2.05) is 82.6 Å². The summed E-state index contributed by atoms with van der Waals surface area (Å²) in [6, 6.07) is 26.1. The van der Waals surface area contributed by atoms with Crippen molar-refractivity contribution in [2.75, 3.05) is 9.80 Å². The molecule has 0 fully saturated rings. The van der Waals surface area contributed by atoms with Gasteiger partial charge in [0.15, 0.2) is 0 Å². The van der Waals surface area contributed by atoms with Crippen LogP contribution >= 0.6 is 0 Å². The van der Waals surface area contributed by atoms with Crippen molar-refractivity contribution >= 4 is 11.4 Å². The Bertz CT molecular complexity index is 1240. The van der Waals surface area contributed by atoms with Crippen molar-refractivity contribution in [3.05, 3.63) is 132 Å². The molecule has 4 heterocycles. The van der Waals surface area contributed by atoms with Gasteiger partial charge in [-0.15, -0.1) is 0 Å². The molecule has 0 aliphatic carbocycles. The fourth-order valence-corrected chi connectivity index (χ4v) is 4.26. The van der Waals surface area contributed by atoms with Gasteiger partial charge in [-0.2, -0.15) is 0 Å². The summed E-state index contributed by atoms with van der Waals surface area (Å²) >= 11 is 0. The summed E-state index contributed by atoms with van der Waals surface area (Å²) in [6.07, 6.45) is 6.95. The summed E-state index contributed by atoms with van der Waals surface area (Å²) in [7, 11) is 0. The highest BCUT2D eigenvalue weighted by Gasteiger charge is 2.21. The van der Waals surface area contributed by atoms with Crippen molar-refractivity contribution < 1.29 is 10.2 Å². The number of hydrogen-bond acceptors (Lipinski definition) is 8. The van der Waals surface area contributed by atoms with Crippen LogP contribution in [0.15, 0.2) is 110 Å². The summed E-state index contributed by atoms with van der Waals surface area (Å²) in [5.74, 6) is 0.0772. The van der Waals surface area contributed by atoms with Crippen LogP contribution in [0.25, 0.3) is 0 Å². The molecular weight excluding hydrogens is 476 g/mol. The number of hydrogen-bond donors (Lipinski definition) is 2. The van der Waals surface area contributed by atoms with Crippen LogP contribution in [-0.4, -0.2) is 30.1 Å². The van der Waals surface area contributed by atoms with Gasteiger partial charge < -0.3 is 20.0 Å². The highest BCUT2D eigenvalue weighted by molar-refractivity contribution is 5.72. The molecule has 0 saturated carbocycles. The van der Waals surface area contributed by atoms with E-state index in [9.17, 15) is 10.2 Å². The summed E-state index contributed by atoms with van der Waals surface area (Å²) in [6.45, 7) is 1.70. The number of pyridine rings is 4. The van der Waals surface area contributed by atoms with Crippen LogP contribution in [0.1, 0.15) is 22.8 Å². The number of nitrogens with zero attached hydrogens (tertiary/aromatic N) is 6. The second kappa shape index (κ2) is 11.8. The molecule has 0 amide bonds. The molecule has 0 radical (unpaired) electrons. The highest BCUT2D eigenvalue weighted by Crippen LogP contribution is 2.41. The maximum atomic E-state index is 11.3. The lowest BCUT2D eigenvalue weighted by Gasteiger charge is -2.29. The van der Waals surface area contributed by atoms with Crippen molar-refractivity contribution in [3.8, 4) is 11.5 Å². The molecule has 2 N–H and O–H groups in total. The van der Waals surface area contributed by atoms with E-state index in [1.54, 1.807) is 36.9 Å². The Morgan fingerprint density at radius 1 is 0.447 bits per heavy atom. The van der Waals surface area contributed by atoms with Gasteiger partial charge in [-0.25, -0.2) is 0 Å². The maximum Gasteiger partial charge on any atom is 0.141 e. The molecule has 0 saturated heterocycles. The number of anilines is 2. The fraction of sp³-hybridized carbons (Fsp3) is 0.133. The fourth-order valence-electron chi connectivity index (χ4n) is 4.26. The van der Waals surface area contributed by atoms with E-state index >= 15 is 0 Å². The van der Waals surface area contributed by atoms with Crippen molar-refractivity contribution in [3.63, 3.8) is 0 Å². The van der Waals surface area contributed by atoms with E-state index in [2.05, 4.69) is 19.9 Å². The molecule has 0 atom stereocenters. The first-order valence-corrected chi connectivity index (χ1v) is 12.3. The lowest BCUT2D eigenvalue weighted by Crippen LogP contribution is -2.25. The zero-order valence-corrected chi connectivity index (χ0v) is 20.8. The molecule has 38 heavy (non-hydrogen) atoms. The maximum absolute atomic E-state index is 11.3. The second-order valence-electron chi connectivity index (χ2n) is 8.83. The number of aromatic hydroxyl groups is 2. The molecule has 8 nitrogen and oxygen atoms in total. The molecule has 0 aliphatic heterocycles. The van der Waals surface area contributed by atoms with Crippen LogP contribution in [-0.2, 0) is 26.2 Å². The zero-order valence-electron chi connectivity index (χ0n) is 20.8. The SMILES string of the molecule is Oc1cc(N(Cc2ccccn2)Cc2ccccn2)c(O)cc1N(Cc1ccccn1)Cc1ccccn1. The van der Waals surface area contributed by atoms with Crippen LogP contribution in [0.4, 0.5) is 11.4 Å². The molecule has 0 spiro atoms. The first-order valence-electron chi connectivity index (χ1n) is 12.3. The average molecular weight is 505 g/mol. The normalized spacial score (nSPS) is 10.7. The first kappa shape index (κ1) is 24.7. The highest BCUT2D eigenvalue weighted by atomic mass is 16.3. The van der Waals surface area contributed by atoms with Crippen LogP contribution in [0.3, 0.4) is 0 Å². The number of aromatic nitrogens is 4. The number of rotatable bonds is 10. The Labute approximate surface area is 221 Å². The molecule has 5 aromatic rings. The summed E-state index contributed by atoms with van der Waals surface area (Å²) < 4.78 is 0. The van der Waals surface area contributed by atoms with Crippen molar-refractivity contribution in [2.45, 2.75) is 26.2 Å². The Morgan fingerprint density at radius 3 is 0.974 bits per heavy atom. The number of phenolic OH excluding ortho intramolecular Hbond substituents is 2. The first-order chi connectivity index (χ1) is 18.7. The van der Waals surface area contributed by atoms with Gasteiger partial charge in [-0.05, 0) is 48.5 Å². The molecule has 4 aromatic heterocycles. The van der Waals surface area contributed by atoms with Crippen LogP contribution in [0.2, 0.25) is 0 Å². The minimum Gasteiger partial charge on any atom is -0.506 e. The topological polar surface area (TPSA) is 98.5 Å². The lowest BCUT2D eigenvalue weighted by molar-refractivity contribution is 0.457. The monoisotopic (exact) mass is 504 g/mol. The third kappa shape index (κ3) is 6.22. The van der Waals surface area contributed by atoms with Gasteiger partial charge in [0, 0.05) is 36.9 Å². The minimum atomic E-state index is 0.0386. The van der Waals surface area contributed by atoms with Crippen molar-refractivity contribution in [1.82, 2.24) is 19.9 Å². The predicted octanol–water partition coefficient (Wildman–Crippen LogP) is 5.09. The standard InChI is InChI=1S/C30H28N6O2/c37-29-18-28(36(21-25-11-3-7-15-33-25)22-26-12-4-8-16-34-26)30(38)17-27(29)35(19-23-9-1-5-13-31-23)20-24-10-2-6-14-32-24/h1-18,37-38H,19-22H2. The van der Waals surface area contributed by atoms with Gasteiger partial charge in [0.25, 0.3) is 0 Å². The quantitative estimate of drug-likeness (QED) is 0.254. The minimum absolute atomic E-state index is 0.0386. The smallest absolute Gasteiger partial charge is 0.141 e. The third-order valence-corrected chi connectivity index (χ3v) is 6.07. The average Bonchev–Trinajstić information content (AvgIpc) is 2.96. The molecule has 5 rings (SSSR count). The summed E-state index contributed by atoms with van der Waals surface area (Å²) in [5, 5.41) is 22.5. The third-order valence-electron chi connectivity index (χ3n) is 6.07. The summed E-state index contributed by atoms with van der Waals surface area (Å²) in [5.41, 5.74) is 4.30. The molecule has 1 aromatic carbocycles. The van der Waals surface area contributed by atoms with E-state index < -0.39 is 0 Å². The van der Waals surface area contributed by atoms with Gasteiger partial charge in [-0.1, -0.05) is 24.3 Å². The van der Waals surface area contributed by atoms with E-state index in [4.69, 9.17) is 0 Å². The molecule has 0 unspecified atom stereocenters. The molecule has 8 heteroatoms. The van der Waals surface area contributed by atoms with Gasteiger partial charge in [-0.3, -0.25) is 19.9 Å². The zero-order chi connectivity index (χ0) is 26.2. The van der Waals surface area contributed by atoms with Gasteiger partial charge in [0.2, 0.25) is 0 Å². The van der Waals surface area contributed by atoms with Gasteiger partial charge in [0.1, 0.15) is 11.5 Å². The van der Waals surface area contributed by atoms with E-state index in [-0.39, 0.29) is 11.5 Å². The summed E-state index contributed by atoms with van der Waals surface area (Å²) in [4.78, 5) is 21.7. The van der Waals surface area contributed by atoms with E-state index in [0.717, 1.165) is 22.8 Å². The Hall–Kier alpha value is -4.98. The van der Waals surface area contributed by atoms with E-state index in [1.165, 1.54) is 0 Å². The second-order valence-corrected chi connectivity index (χ2v) is 8.83. The molecule has 0 aliphatic rings. The lowest BCUT2D eigenvalue weighted by atomic mass is 10.1. The Morgan fingerprint density at radius 2 is 0.737 bits per heavy atom. The largest absolute Gasteiger partial charge is 0.506 e. The van der Waals surface area contributed by atoms with Gasteiger partial charge >= 0.3 is 0 Å². The van der Waals surface area contributed by atoms with Crippen LogP contribution < -0.4 is 9.80 Å². The molecule has 190 valence electrons. The van der Waals surface area contributed by atoms with Crippen molar-refractivity contribution in [2.24, 2.45) is 0 Å². The number of benzene rings is 1. The van der Waals surface area contributed by atoms with Crippen LogP contribution in [0.5, 0.6) is 11.5 Å². The van der Waals surface area contributed by atoms with E-state index in [0.29, 0.717) is 37.6 Å². The Kier molecular flexibility index (Phi) is 7.69. The Balaban J connectivity index is 1.50.